The molecule has 0 saturated carbocycles. The predicted molar refractivity (Wildman–Crippen MR) is 86.7 cm³/mol. The summed E-state index contributed by atoms with van der Waals surface area (Å²) in [4.78, 5) is 0. The van der Waals surface area contributed by atoms with Gasteiger partial charge < -0.3 is 14.4 Å². The fraction of sp³-hybridized carbons (Fsp3) is 0.167. The largest absolute Gasteiger partial charge is 0.491 e. The van der Waals surface area contributed by atoms with E-state index in [0.717, 1.165) is 34.7 Å². The first kappa shape index (κ1) is 14.2. The van der Waals surface area contributed by atoms with Crippen molar-refractivity contribution in [2.45, 2.75) is 18.9 Å². The Morgan fingerprint density at radius 3 is 2.74 bits per heavy atom. The number of aromatic nitrogens is 1. The van der Waals surface area contributed by atoms with Gasteiger partial charge in [-0.25, -0.2) is 0 Å². The number of nitrogens with zero attached hydrogens (tertiary/aromatic N) is 1. The molecule has 1 N–H and O–H groups in total. The third-order valence-corrected chi connectivity index (χ3v) is 4.39. The molecule has 1 heterocycles. The van der Waals surface area contributed by atoms with Gasteiger partial charge in [-0.15, -0.1) is 0 Å². The van der Waals surface area contributed by atoms with Crippen molar-refractivity contribution in [1.82, 2.24) is 5.16 Å². The van der Waals surface area contributed by atoms with Gasteiger partial charge in [-0.05, 0) is 53.9 Å². The molecule has 2 aromatic carbocycles. The molecule has 0 spiro atoms. The highest BCUT2D eigenvalue weighted by molar-refractivity contribution is 6.31. The number of hydrogen-bond donors (Lipinski definition) is 1. The lowest BCUT2D eigenvalue weighted by Crippen LogP contribution is -2.04. The van der Waals surface area contributed by atoms with Crippen LogP contribution < -0.4 is 4.74 Å². The van der Waals surface area contributed by atoms with Crippen LogP contribution in [0.5, 0.6) is 11.6 Å². The third-order valence-electron chi connectivity index (χ3n) is 4.06. The lowest BCUT2D eigenvalue weighted by molar-refractivity contribution is 0.208. The van der Waals surface area contributed by atoms with E-state index in [2.05, 4.69) is 11.2 Å². The number of halogens is 1. The second-order valence-electron chi connectivity index (χ2n) is 5.53. The van der Waals surface area contributed by atoms with Crippen molar-refractivity contribution in [2.75, 3.05) is 0 Å². The molecule has 0 amide bonds. The quantitative estimate of drug-likeness (QED) is 0.753. The first-order valence-electron chi connectivity index (χ1n) is 7.41. The molecule has 1 aliphatic rings. The Hall–Kier alpha value is -2.46. The second-order valence-corrected chi connectivity index (χ2v) is 5.94. The molecule has 5 heteroatoms. The topological polar surface area (TPSA) is 55.5 Å². The van der Waals surface area contributed by atoms with E-state index >= 15 is 0 Å². The molecule has 4 rings (SSSR count). The standard InChI is InChI=1S/C18H14ClNO3/c19-14-3-1-2-12-6-9-15(18(12)14)22-13-7-4-11(5-8-13)16-10-17(21)20-23-16/h1-5,7-8,10,15H,6,9H2,(H,20,21). The number of rotatable bonds is 3. The molecule has 1 aromatic heterocycles. The lowest BCUT2D eigenvalue weighted by Gasteiger charge is -2.16. The zero-order valence-corrected chi connectivity index (χ0v) is 13.0. The predicted octanol–water partition coefficient (Wildman–Crippen LogP) is 4.77. The average Bonchev–Trinajstić information content (AvgIpc) is 3.16. The SMILES string of the molecule is Oc1cc(-c2ccc(OC3CCc4cccc(Cl)c43)cc2)on1. The van der Waals surface area contributed by atoms with Crippen LogP contribution in [-0.4, -0.2) is 10.3 Å². The molecule has 0 bridgehead atoms. The van der Waals surface area contributed by atoms with Gasteiger partial charge in [-0.2, -0.15) is 0 Å². The van der Waals surface area contributed by atoms with E-state index in [1.165, 1.54) is 11.6 Å². The fourth-order valence-electron chi connectivity index (χ4n) is 2.97. The number of hydrogen-bond acceptors (Lipinski definition) is 4. The van der Waals surface area contributed by atoms with Gasteiger partial charge in [-0.3, -0.25) is 0 Å². The average molecular weight is 328 g/mol. The van der Waals surface area contributed by atoms with Crippen molar-refractivity contribution < 1.29 is 14.4 Å². The Bertz CT molecular complexity index is 842. The molecule has 116 valence electrons. The maximum absolute atomic E-state index is 9.24. The van der Waals surface area contributed by atoms with Crippen LogP contribution in [0.1, 0.15) is 23.7 Å². The van der Waals surface area contributed by atoms with Gasteiger partial charge in [0, 0.05) is 22.2 Å². The summed E-state index contributed by atoms with van der Waals surface area (Å²) in [5.41, 5.74) is 3.18. The normalized spacial score (nSPS) is 16.3. The van der Waals surface area contributed by atoms with E-state index in [1.807, 2.05) is 36.4 Å². The van der Waals surface area contributed by atoms with Crippen molar-refractivity contribution in [3.05, 3.63) is 64.7 Å². The van der Waals surface area contributed by atoms with Gasteiger partial charge in [-0.1, -0.05) is 23.7 Å². The van der Waals surface area contributed by atoms with Gasteiger partial charge in [0.15, 0.2) is 5.76 Å². The van der Waals surface area contributed by atoms with Crippen LogP contribution in [0.3, 0.4) is 0 Å². The van der Waals surface area contributed by atoms with E-state index in [1.54, 1.807) is 0 Å². The zero-order chi connectivity index (χ0) is 15.8. The van der Waals surface area contributed by atoms with E-state index in [0.29, 0.717) is 5.76 Å². The van der Waals surface area contributed by atoms with Crippen LogP contribution in [0.25, 0.3) is 11.3 Å². The Kier molecular flexibility index (Phi) is 3.46. The zero-order valence-electron chi connectivity index (χ0n) is 12.2. The molecule has 23 heavy (non-hydrogen) atoms. The van der Waals surface area contributed by atoms with E-state index in [4.69, 9.17) is 20.9 Å². The van der Waals surface area contributed by atoms with Gasteiger partial charge in [0.05, 0.1) is 0 Å². The molecule has 0 fully saturated rings. The summed E-state index contributed by atoms with van der Waals surface area (Å²) in [5.74, 6) is 1.16. The monoisotopic (exact) mass is 327 g/mol. The molecular formula is C18H14ClNO3. The second kappa shape index (κ2) is 5.63. The first-order chi connectivity index (χ1) is 11.2. The fourth-order valence-corrected chi connectivity index (χ4v) is 3.29. The van der Waals surface area contributed by atoms with Crippen LogP contribution in [0.15, 0.2) is 53.1 Å². The number of ether oxygens (including phenoxy) is 1. The maximum atomic E-state index is 9.24. The summed E-state index contributed by atoms with van der Waals surface area (Å²) >= 11 is 6.32. The molecule has 4 nitrogen and oxygen atoms in total. The molecule has 0 saturated heterocycles. The summed E-state index contributed by atoms with van der Waals surface area (Å²) in [5, 5.41) is 13.5. The van der Waals surface area contributed by atoms with E-state index in [-0.39, 0.29) is 12.0 Å². The first-order valence-corrected chi connectivity index (χ1v) is 7.78. The van der Waals surface area contributed by atoms with Crippen LogP contribution in [-0.2, 0) is 6.42 Å². The molecule has 1 atom stereocenters. The summed E-state index contributed by atoms with van der Waals surface area (Å²) in [6, 6.07) is 15.0. The van der Waals surface area contributed by atoms with Gasteiger partial charge in [0.2, 0.25) is 0 Å². The Morgan fingerprint density at radius 2 is 2.00 bits per heavy atom. The number of aryl methyl sites for hydroxylation is 1. The minimum absolute atomic E-state index is 0.0149. The Morgan fingerprint density at radius 1 is 1.17 bits per heavy atom. The molecular weight excluding hydrogens is 314 g/mol. The number of aromatic hydroxyl groups is 1. The van der Waals surface area contributed by atoms with Crippen LogP contribution in [0, 0.1) is 0 Å². The summed E-state index contributed by atoms with van der Waals surface area (Å²) in [7, 11) is 0. The Balaban J connectivity index is 1.55. The number of benzene rings is 2. The minimum atomic E-state index is -0.127. The van der Waals surface area contributed by atoms with Crippen LogP contribution in [0.2, 0.25) is 5.02 Å². The molecule has 0 radical (unpaired) electrons. The lowest BCUT2D eigenvalue weighted by atomic mass is 10.1. The molecule has 1 aliphatic carbocycles. The highest BCUT2D eigenvalue weighted by atomic mass is 35.5. The van der Waals surface area contributed by atoms with Gasteiger partial charge >= 0.3 is 0 Å². The number of fused-ring (bicyclic) bond motifs is 1. The molecule has 3 aromatic rings. The van der Waals surface area contributed by atoms with Crippen molar-refractivity contribution in [3.8, 4) is 23.0 Å². The summed E-state index contributed by atoms with van der Waals surface area (Å²) in [6.45, 7) is 0. The summed E-state index contributed by atoms with van der Waals surface area (Å²) in [6.07, 6.45) is 1.89. The van der Waals surface area contributed by atoms with E-state index in [9.17, 15) is 5.11 Å². The van der Waals surface area contributed by atoms with Crippen LogP contribution >= 0.6 is 11.6 Å². The Labute approximate surface area is 138 Å². The van der Waals surface area contributed by atoms with E-state index < -0.39 is 0 Å². The summed E-state index contributed by atoms with van der Waals surface area (Å²) < 4.78 is 11.1. The third kappa shape index (κ3) is 2.66. The highest BCUT2D eigenvalue weighted by Gasteiger charge is 2.26. The molecule has 1 unspecified atom stereocenters. The van der Waals surface area contributed by atoms with Crippen molar-refractivity contribution >= 4 is 11.6 Å². The maximum Gasteiger partial charge on any atom is 0.252 e. The van der Waals surface area contributed by atoms with Gasteiger partial charge in [0.1, 0.15) is 11.9 Å². The smallest absolute Gasteiger partial charge is 0.252 e. The van der Waals surface area contributed by atoms with Crippen molar-refractivity contribution in [2.24, 2.45) is 0 Å². The van der Waals surface area contributed by atoms with Crippen LogP contribution in [0.4, 0.5) is 0 Å². The van der Waals surface area contributed by atoms with Crippen molar-refractivity contribution in [1.29, 1.82) is 0 Å². The van der Waals surface area contributed by atoms with Gasteiger partial charge in [0.25, 0.3) is 5.88 Å². The minimum Gasteiger partial charge on any atom is -0.491 e. The highest BCUT2D eigenvalue weighted by Crippen LogP contribution is 2.39. The van der Waals surface area contributed by atoms with Crippen molar-refractivity contribution in [3.63, 3.8) is 0 Å². The molecule has 0 aliphatic heterocycles.